The Morgan fingerprint density at radius 1 is 1.04 bits per heavy atom. The number of rotatable bonds is 3. The molecule has 1 saturated heterocycles. The molecule has 1 aromatic heterocycles. The number of aliphatic hydroxyl groups excluding tert-OH is 1. The number of alkyl halides is 3. The van der Waals surface area contributed by atoms with Crippen LogP contribution in [0.25, 0.3) is 0 Å². The lowest BCUT2D eigenvalue weighted by Gasteiger charge is -2.41. The Kier molecular flexibility index (Phi) is 4.60. The van der Waals surface area contributed by atoms with Crippen molar-refractivity contribution in [1.82, 2.24) is 4.98 Å². The molecule has 3 nitrogen and oxygen atoms in total. The van der Waals surface area contributed by atoms with Crippen molar-refractivity contribution >= 4 is 0 Å². The Morgan fingerprint density at radius 3 is 2.25 bits per heavy atom. The van der Waals surface area contributed by atoms with Gasteiger partial charge in [-0.2, -0.15) is 13.2 Å². The molecule has 1 N–H and O–H groups in total. The van der Waals surface area contributed by atoms with E-state index in [-0.39, 0.29) is 0 Å². The fourth-order valence-corrected chi connectivity index (χ4v) is 3.27. The van der Waals surface area contributed by atoms with Crippen LogP contribution in [0, 0.1) is 0 Å². The number of nitrogens with zero attached hydrogens (tertiary/aromatic N) is 1. The Bertz CT molecular complexity index is 665. The van der Waals surface area contributed by atoms with Crippen LogP contribution in [0.2, 0.25) is 0 Å². The average molecular weight is 337 g/mol. The predicted molar refractivity (Wildman–Crippen MR) is 82.4 cm³/mol. The van der Waals surface area contributed by atoms with Crippen molar-refractivity contribution in [3.05, 3.63) is 65.5 Å². The van der Waals surface area contributed by atoms with Gasteiger partial charge < -0.3 is 9.84 Å². The Morgan fingerprint density at radius 2 is 1.71 bits per heavy atom. The summed E-state index contributed by atoms with van der Waals surface area (Å²) in [5.41, 5.74) is -0.200. The first-order valence-corrected chi connectivity index (χ1v) is 7.78. The van der Waals surface area contributed by atoms with E-state index < -0.39 is 23.3 Å². The molecule has 128 valence electrons. The van der Waals surface area contributed by atoms with E-state index in [1.165, 1.54) is 12.1 Å². The van der Waals surface area contributed by atoms with Crippen molar-refractivity contribution in [2.24, 2.45) is 0 Å². The van der Waals surface area contributed by atoms with Gasteiger partial charge in [0.2, 0.25) is 0 Å². The summed E-state index contributed by atoms with van der Waals surface area (Å²) < 4.78 is 43.8. The van der Waals surface area contributed by atoms with E-state index in [0.717, 1.165) is 12.1 Å². The largest absolute Gasteiger partial charge is 0.416 e. The van der Waals surface area contributed by atoms with Gasteiger partial charge in [-0.3, -0.25) is 4.98 Å². The molecule has 6 heteroatoms. The van der Waals surface area contributed by atoms with Crippen molar-refractivity contribution in [3.63, 3.8) is 0 Å². The van der Waals surface area contributed by atoms with Crippen LogP contribution < -0.4 is 0 Å². The second-order valence-electron chi connectivity index (χ2n) is 6.00. The molecule has 24 heavy (non-hydrogen) atoms. The molecule has 0 saturated carbocycles. The molecule has 1 atom stereocenters. The Hall–Kier alpha value is -1.92. The smallest absolute Gasteiger partial charge is 0.386 e. The second-order valence-corrected chi connectivity index (χ2v) is 6.00. The monoisotopic (exact) mass is 337 g/mol. The number of aliphatic hydroxyl groups is 1. The summed E-state index contributed by atoms with van der Waals surface area (Å²) in [5, 5.41) is 10.9. The third-order valence-corrected chi connectivity index (χ3v) is 4.66. The van der Waals surface area contributed by atoms with Gasteiger partial charge in [-0.1, -0.05) is 18.2 Å². The maximum Gasteiger partial charge on any atom is 0.416 e. The zero-order valence-electron chi connectivity index (χ0n) is 13.0. The summed E-state index contributed by atoms with van der Waals surface area (Å²) in [6.07, 6.45) is -2.63. The number of aromatic nitrogens is 1. The molecular weight excluding hydrogens is 319 g/mol. The standard InChI is InChI=1S/C18H18F3NO2/c19-18(20,21)14-6-4-13(5-7-14)17(8-11-24-12-9-17)16(23)15-3-1-2-10-22-15/h1-7,10,16,23H,8-9,11-12H2/t16-/m1/s1. The molecule has 0 amide bonds. The van der Waals surface area contributed by atoms with E-state index >= 15 is 0 Å². The van der Waals surface area contributed by atoms with Gasteiger partial charge in [0.25, 0.3) is 0 Å². The number of hydrogen-bond acceptors (Lipinski definition) is 3. The highest BCUT2D eigenvalue weighted by Gasteiger charge is 2.43. The van der Waals surface area contributed by atoms with E-state index in [1.807, 2.05) is 0 Å². The van der Waals surface area contributed by atoms with Crippen LogP contribution in [0.1, 0.15) is 35.8 Å². The van der Waals surface area contributed by atoms with E-state index in [9.17, 15) is 18.3 Å². The van der Waals surface area contributed by atoms with Crippen molar-refractivity contribution in [2.45, 2.75) is 30.5 Å². The lowest BCUT2D eigenvalue weighted by Crippen LogP contribution is -2.40. The van der Waals surface area contributed by atoms with E-state index in [0.29, 0.717) is 37.3 Å². The average Bonchev–Trinajstić information content (AvgIpc) is 2.62. The SMILES string of the molecule is O[C@H](c1ccccn1)C1(c2ccc(C(F)(F)F)cc2)CCOCC1. The molecule has 0 aliphatic carbocycles. The highest BCUT2D eigenvalue weighted by atomic mass is 19.4. The van der Waals surface area contributed by atoms with E-state index in [1.54, 1.807) is 24.4 Å². The molecule has 2 heterocycles. The summed E-state index contributed by atoms with van der Waals surface area (Å²) in [4.78, 5) is 4.21. The minimum absolute atomic E-state index is 0.449. The molecule has 1 aromatic carbocycles. The first-order chi connectivity index (χ1) is 11.4. The number of benzene rings is 1. The highest BCUT2D eigenvalue weighted by Crippen LogP contribution is 2.45. The lowest BCUT2D eigenvalue weighted by molar-refractivity contribution is -0.137. The normalized spacial score (nSPS) is 19.0. The molecule has 3 rings (SSSR count). The third-order valence-electron chi connectivity index (χ3n) is 4.66. The second kappa shape index (κ2) is 6.53. The van der Waals surface area contributed by atoms with Gasteiger partial charge in [-0.05, 0) is 42.7 Å². The first kappa shape index (κ1) is 16.9. The maximum atomic E-state index is 12.8. The zero-order chi connectivity index (χ0) is 17.2. The van der Waals surface area contributed by atoms with Crippen LogP contribution >= 0.6 is 0 Å². The summed E-state index contributed by atoms with van der Waals surface area (Å²) >= 11 is 0. The van der Waals surface area contributed by atoms with Gasteiger partial charge in [-0.15, -0.1) is 0 Å². The summed E-state index contributed by atoms with van der Waals surface area (Å²) in [7, 11) is 0. The minimum atomic E-state index is -4.37. The van der Waals surface area contributed by atoms with E-state index in [4.69, 9.17) is 4.74 Å². The maximum absolute atomic E-state index is 12.8. The molecule has 0 spiro atoms. The van der Waals surface area contributed by atoms with E-state index in [2.05, 4.69) is 4.98 Å². The predicted octanol–water partition coefficient (Wildman–Crippen LogP) is 3.88. The number of hydrogen-bond donors (Lipinski definition) is 1. The third kappa shape index (κ3) is 3.16. The van der Waals surface area contributed by atoms with Crippen molar-refractivity contribution in [1.29, 1.82) is 0 Å². The molecule has 1 aliphatic rings. The molecule has 1 aliphatic heterocycles. The van der Waals surface area contributed by atoms with Crippen molar-refractivity contribution in [3.8, 4) is 0 Å². The Balaban J connectivity index is 2.00. The molecule has 0 bridgehead atoms. The van der Waals surface area contributed by atoms with Crippen LogP contribution in [0.4, 0.5) is 13.2 Å². The lowest BCUT2D eigenvalue weighted by atomic mass is 9.69. The quantitative estimate of drug-likeness (QED) is 0.924. The van der Waals surface area contributed by atoms with Gasteiger partial charge in [-0.25, -0.2) is 0 Å². The molecule has 0 radical (unpaired) electrons. The fourth-order valence-electron chi connectivity index (χ4n) is 3.27. The molecule has 0 unspecified atom stereocenters. The Labute approximate surface area is 138 Å². The van der Waals surface area contributed by atoms with Gasteiger partial charge in [0.05, 0.1) is 11.3 Å². The van der Waals surface area contributed by atoms with Gasteiger partial charge in [0, 0.05) is 24.8 Å². The van der Waals surface area contributed by atoms with Gasteiger partial charge in [0.1, 0.15) is 6.10 Å². The van der Waals surface area contributed by atoms with Gasteiger partial charge >= 0.3 is 6.18 Å². The molecule has 2 aromatic rings. The zero-order valence-corrected chi connectivity index (χ0v) is 13.0. The number of pyridine rings is 1. The minimum Gasteiger partial charge on any atom is -0.386 e. The van der Waals surface area contributed by atoms with Crippen LogP contribution in [0.3, 0.4) is 0 Å². The molecular formula is C18H18F3NO2. The van der Waals surface area contributed by atoms with Crippen LogP contribution in [-0.4, -0.2) is 23.3 Å². The van der Waals surface area contributed by atoms with Crippen LogP contribution in [-0.2, 0) is 16.3 Å². The summed E-state index contributed by atoms with van der Waals surface area (Å²) in [6, 6.07) is 10.3. The molecule has 1 fully saturated rings. The van der Waals surface area contributed by atoms with Crippen molar-refractivity contribution in [2.75, 3.05) is 13.2 Å². The highest BCUT2D eigenvalue weighted by molar-refractivity contribution is 5.34. The number of ether oxygens (including phenoxy) is 1. The topological polar surface area (TPSA) is 42.4 Å². The first-order valence-electron chi connectivity index (χ1n) is 7.78. The van der Waals surface area contributed by atoms with Crippen LogP contribution in [0.15, 0.2) is 48.7 Å². The summed E-state index contributed by atoms with van der Waals surface area (Å²) in [5.74, 6) is 0. The summed E-state index contributed by atoms with van der Waals surface area (Å²) in [6.45, 7) is 0.899. The number of halogens is 3. The van der Waals surface area contributed by atoms with Crippen LogP contribution in [0.5, 0.6) is 0 Å². The van der Waals surface area contributed by atoms with Crippen molar-refractivity contribution < 1.29 is 23.0 Å². The van der Waals surface area contributed by atoms with Gasteiger partial charge in [0.15, 0.2) is 0 Å². The fraction of sp³-hybridized carbons (Fsp3) is 0.389.